The smallest absolute Gasteiger partial charge is 0.255 e. The number of anilines is 5. The summed E-state index contributed by atoms with van der Waals surface area (Å²) in [6.45, 7) is 10.7. The van der Waals surface area contributed by atoms with Crippen LogP contribution in [0.1, 0.15) is 63.1 Å². The number of piperazine rings is 1. The Hall–Kier alpha value is -6.35. The van der Waals surface area contributed by atoms with Crippen molar-refractivity contribution < 1.29 is 19.2 Å². The number of hydrogen-bond donors (Lipinski definition) is 3. The van der Waals surface area contributed by atoms with Crippen molar-refractivity contribution in [3.63, 3.8) is 0 Å². The van der Waals surface area contributed by atoms with Crippen LogP contribution in [-0.4, -0.2) is 110 Å². The van der Waals surface area contributed by atoms with Crippen molar-refractivity contribution >= 4 is 63.5 Å². The third-order valence-corrected chi connectivity index (χ3v) is 12.4. The van der Waals surface area contributed by atoms with E-state index in [4.69, 9.17) is 10.1 Å². The van der Waals surface area contributed by atoms with Gasteiger partial charge in [0.1, 0.15) is 6.04 Å². The summed E-state index contributed by atoms with van der Waals surface area (Å²) in [6.07, 6.45) is 4.24. The van der Waals surface area contributed by atoms with Gasteiger partial charge in [0.2, 0.25) is 17.8 Å². The quantitative estimate of drug-likeness (QED) is 0.174. The van der Waals surface area contributed by atoms with E-state index in [1.54, 1.807) is 22.9 Å². The number of nitrogens with one attached hydrogen (secondary N) is 3. The number of hydrogen-bond acceptors (Lipinski definition) is 11. The molecule has 4 aliphatic rings. The molecule has 3 aromatic carbocycles. The largest absolute Gasteiger partial charge is 0.369 e. The van der Waals surface area contributed by atoms with Crippen LogP contribution < -0.4 is 20.9 Å². The Morgan fingerprint density at radius 3 is 2.36 bits per heavy atom. The van der Waals surface area contributed by atoms with Gasteiger partial charge in [-0.25, -0.2) is 9.67 Å². The lowest BCUT2D eigenvalue weighted by atomic mass is 9.95. The van der Waals surface area contributed by atoms with E-state index in [0.717, 1.165) is 90.5 Å². The molecule has 2 aromatic heterocycles. The van der Waals surface area contributed by atoms with Crippen LogP contribution in [0.3, 0.4) is 0 Å². The van der Waals surface area contributed by atoms with Crippen molar-refractivity contribution in [2.45, 2.75) is 52.1 Å². The first kappa shape index (κ1) is 38.2. The molecule has 0 radical (unpaired) electrons. The standard InChI is InChI=1S/C44H49N11O4/c1-27-5-4-6-28(2)38(27)48-39-35-24-45-44(49-40(35)51(3)50-39)46-32-8-10-33(11-9-32)53-21-19-52(20-22-53)25-29-15-17-54(18-16-29)42(58)30-7-12-34-31(23-30)26-55(43(34)59)36-13-14-37(56)47-41(36)57/h4-12,23-24,29,36H,13-22,25-26H2,1-3H3,(H,48,50)(H,45,46,49)(H,47,56,57). The molecule has 5 aromatic rings. The lowest BCUT2D eigenvalue weighted by molar-refractivity contribution is -0.136. The fraction of sp³-hybridized carbons (Fsp3) is 0.386. The lowest BCUT2D eigenvalue weighted by Gasteiger charge is -2.39. The number of likely N-dealkylation sites (tertiary alicyclic amines) is 1. The lowest BCUT2D eigenvalue weighted by Crippen LogP contribution is -2.52. The first-order valence-electron chi connectivity index (χ1n) is 20.5. The van der Waals surface area contributed by atoms with Crippen LogP contribution in [0, 0.1) is 19.8 Å². The van der Waals surface area contributed by atoms with Gasteiger partial charge >= 0.3 is 0 Å². The maximum Gasteiger partial charge on any atom is 0.255 e. The van der Waals surface area contributed by atoms with Crippen LogP contribution in [0.5, 0.6) is 0 Å². The van der Waals surface area contributed by atoms with E-state index in [-0.39, 0.29) is 30.7 Å². The number of nitrogens with zero attached hydrogens (tertiary/aromatic N) is 8. The number of benzene rings is 3. The number of fused-ring (bicyclic) bond motifs is 2. The van der Waals surface area contributed by atoms with Gasteiger partial charge in [-0.2, -0.15) is 10.1 Å². The van der Waals surface area contributed by atoms with Crippen molar-refractivity contribution in [2.24, 2.45) is 13.0 Å². The van der Waals surface area contributed by atoms with E-state index in [0.29, 0.717) is 42.5 Å². The number of carbonyl (C=O) groups is 4. The van der Waals surface area contributed by atoms with Gasteiger partial charge in [-0.15, -0.1) is 0 Å². The summed E-state index contributed by atoms with van der Waals surface area (Å²) in [4.78, 5) is 68.5. The molecule has 3 fully saturated rings. The minimum Gasteiger partial charge on any atom is -0.369 e. The van der Waals surface area contributed by atoms with Crippen molar-refractivity contribution in [3.8, 4) is 0 Å². The summed E-state index contributed by atoms with van der Waals surface area (Å²) in [7, 11) is 1.89. The fourth-order valence-corrected chi connectivity index (χ4v) is 8.97. The molecule has 6 heterocycles. The van der Waals surface area contributed by atoms with E-state index < -0.39 is 11.9 Å². The number of imide groups is 1. The van der Waals surface area contributed by atoms with Gasteiger partial charge < -0.3 is 25.3 Å². The van der Waals surface area contributed by atoms with E-state index in [9.17, 15) is 19.2 Å². The van der Waals surface area contributed by atoms with Crippen LogP contribution >= 0.6 is 0 Å². The van der Waals surface area contributed by atoms with Crippen LogP contribution in [0.4, 0.5) is 28.8 Å². The first-order chi connectivity index (χ1) is 28.6. The molecule has 59 heavy (non-hydrogen) atoms. The number of piperidine rings is 2. The zero-order valence-corrected chi connectivity index (χ0v) is 33.7. The average Bonchev–Trinajstić information content (AvgIpc) is 3.73. The zero-order valence-electron chi connectivity index (χ0n) is 33.7. The molecule has 4 amide bonds. The van der Waals surface area contributed by atoms with E-state index in [2.05, 4.69) is 87.0 Å². The van der Waals surface area contributed by atoms with Gasteiger partial charge in [0.15, 0.2) is 11.5 Å². The Kier molecular flexibility index (Phi) is 10.2. The Balaban J connectivity index is 0.733. The molecule has 3 N–H and O–H groups in total. The highest BCUT2D eigenvalue weighted by atomic mass is 16.2. The van der Waals surface area contributed by atoms with Gasteiger partial charge in [0.05, 0.1) is 5.39 Å². The fourth-order valence-electron chi connectivity index (χ4n) is 8.97. The van der Waals surface area contributed by atoms with E-state index in [1.807, 2.05) is 18.1 Å². The van der Waals surface area contributed by atoms with E-state index >= 15 is 0 Å². The second-order valence-electron chi connectivity index (χ2n) is 16.3. The highest BCUT2D eigenvalue weighted by Gasteiger charge is 2.39. The molecule has 1 atom stereocenters. The van der Waals surface area contributed by atoms with Crippen molar-refractivity contribution in [1.82, 2.24) is 39.8 Å². The molecule has 1 unspecified atom stereocenters. The highest BCUT2D eigenvalue weighted by Crippen LogP contribution is 2.31. The molecule has 15 nitrogen and oxygen atoms in total. The van der Waals surface area contributed by atoms with Crippen molar-refractivity contribution in [3.05, 3.63) is 94.7 Å². The summed E-state index contributed by atoms with van der Waals surface area (Å²) in [5.41, 5.74) is 8.01. The molecular weight excluding hydrogens is 747 g/mol. The van der Waals surface area contributed by atoms with Crippen molar-refractivity contribution in [2.75, 3.05) is 61.3 Å². The zero-order chi connectivity index (χ0) is 40.8. The summed E-state index contributed by atoms with van der Waals surface area (Å²) < 4.78 is 1.77. The normalized spacial score (nSPS) is 19.0. The van der Waals surface area contributed by atoms with E-state index in [1.165, 1.54) is 10.6 Å². The number of carbonyl (C=O) groups excluding carboxylic acids is 4. The predicted molar refractivity (Wildman–Crippen MR) is 225 cm³/mol. The number of amides is 4. The summed E-state index contributed by atoms with van der Waals surface area (Å²) in [6, 6.07) is 19.2. The molecule has 0 spiro atoms. The topological polar surface area (TPSA) is 161 Å². The van der Waals surface area contributed by atoms with Crippen LogP contribution in [0.15, 0.2) is 66.9 Å². The molecule has 0 saturated carbocycles. The van der Waals surface area contributed by atoms with Gasteiger partial charge in [-0.1, -0.05) is 18.2 Å². The molecule has 3 saturated heterocycles. The molecule has 304 valence electrons. The number of para-hydroxylation sites is 1. The van der Waals surface area contributed by atoms with Gasteiger partial charge in [0.25, 0.3) is 11.8 Å². The van der Waals surface area contributed by atoms with Crippen LogP contribution in [-0.2, 0) is 23.2 Å². The Morgan fingerprint density at radius 2 is 1.63 bits per heavy atom. The summed E-state index contributed by atoms with van der Waals surface area (Å²) >= 11 is 0. The third kappa shape index (κ3) is 7.69. The predicted octanol–water partition coefficient (Wildman–Crippen LogP) is 4.90. The van der Waals surface area contributed by atoms with Gasteiger partial charge in [-0.3, -0.25) is 29.4 Å². The Morgan fingerprint density at radius 1 is 0.881 bits per heavy atom. The maximum atomic E-state index is 13.6. The van der Waals surface area contributed by atoms with Crippen LogP contribution in [0.25, 0.3) is 11.0 Å². The molecule has 4 aliphatic heterocycles. The molecule has 0 bridgehead atoms. The molecular formula is C44H49N11O4. The SMILES string of the molecule is Cc1cccc(C)c1Nc1nn(C)c2nc(Nc3ccc(N4CCN(CC5CCN(C(=O)c6ccc7c(c6)CN(C6CCC(=O)NC6=O)C7=O)CC5)CC4)cc3)ncc12. The molecule has 0 aliphatic carbocycles. The van der Waals surface area contributed by atoms with Crippen molar-refractivity contribution in [1.29, 1.82) is 0 Å². The monoisotopic (exact) mass is 795 g/mol. The molecule has 15 heteroatoms. The maximum absolute atomic E-state index is 13.6. The Bertz CT molecular complexity index is 2430. The third-order valence-electron chi connectivity index (χ3n) is 12.4. The summed E-state index contributed by atoms with van der Waals surface area (Å²) in [5, 5.41) is 14.7. The number of rotatable bonds is 9. The number of aryl methyl sites for hydroxylation is 3. The van der Waals surface area contributed by atoms with Crippen LogP contribution in [0.2, 0.25) is 0 Å². The summed E-state index contributed by atoms with van der Waals surface area (Å²) in [5.74, 6) is 0.763. The van der Waals surface area contributed by atoms with Gasteiger partial charge in [-0.05, 0) is 98.2 Å². The number of aromatic nitrogens is 4. The van der Waals surface area contributed by atoms with Gasteiger partial charge in [0, 0.05) is 100 Å². The minimum atomic E-state index is -0.673. The second kappa shape index (κ2) is 15.8. The minimum absolute atomic E-state index is 0.0224. The average molecular weight is 796 g/mol. The molecule has 9 rings (SSSR count). The second-order valence-corrected chi connectivity index (χ2v) is 16.3. The highest BCUT2D eigenvalue weighted by molar-refractivity contribution is 6.06. The Labute approximate surface area is 342 Å². The first-order valence-corrected chi connectivity index (χ1v) is 20.5.